The van der Waals surface area contributed by atoms with E-state index >= 15 is 0 Å². The largest absolute Gasteiger partial charge is 0.508 e. The second-order valence-corrected chi connectivity index (χ2v) is 4.77. The molecular formula is C13H12Cl2N2O2. The highest BCUT2D eigenvalue weighted by molar-refractivity contribution is 6.42. The van der Waals surface area contributed by atoms with Gasteiger partial charge in [0.15, 0.2) is 0 Å². The molecule has 4 N–H and O–H groups in total. The van der Waals surface area contributed by atoms with Crippen LogP contribution >= 0.6 is 23.2 Å². The number of pyridine rings is 1. The summed E-state index contributed by atoms with van der Waals surface area (Å²) < 4.78 is 0. The Morgan fingerprint density at radius 3 is 2.68 bits per heavy atom. The number of aliphatic hydroxyl groups is 1. The van der Waals surface area contributed by atoms with Crippen LogP contribution in [0.25, 0.3) is 0 Å². The number of nitrogens with zero attached hydrogens (tertiary/aromatic N) is 1. The van der Waals surface area contributed by atoms with Gasteiger partial charge in [-0.25, -0.2) is 0 Å². The quantitative estimate of drug-likeness (QED) is 0.814. The van der Waals surface area contributed by atoms with Gasteiger partial charge in [-0.05, 0) is 29.8 Å². The molecule has 0 aliphatic heterocycles. The Hall–Kier alpha value is -1.33. The number of phenols is 1. The molecule has 0 unspecified atom stereocenters. The van der Waals surface area contributed by atoms with Crippen molar-refractivity contribution < 1.29 is 10.2 Å². The van der Waals surface area contributed by atoms with Crippen molar-refractivity contribution in [1.29, 1.82) is 0 Å². The van der Waals surface area contributed by atoms with Gasteiger partial charge in [0.05, 0.1) is 15.7 Å². The molecule has 0 bridgehead atoms. The van der Waals surface area contributed by atoms with Crippen molar-refractivity contribution in [1.82, 2.24) is 4.98 Å². The molecule has 2 rings (SSSR count). The maximum atomic E-state index is 10.3. The average Bonchev–Trinajstić information content (AvgIpc) is 2.43. The number of aliphatic hydroxyl groups excluding tert-OH is 1. The number of aromatic nitrogens is 1. The summed E-state index contributed by atoms with van der Waals surface area (Å²) in [6.45, 7) is 0.260. The normalized spacial score (nSPS) is 12.4. The number of nitrogens with two attached hydrogens (primary N) is 1. The summed E-state index contributed by atoms with van der Waals surface area (Å²) in [5.41, 5.74) is 6.84. The first-order valence-electron chi connectivity index (χ1n) is 5.54. The summed E-state index contributed by atoms with van der Waals surface area (Å²) in [6, 6.07) is 6.13. The first-order valence-corrected chi connectivity index (χ1v) is 6.30. The van der Waals surface area contributed by atoms with Gasteiger partial charge in [-0.1, -0.05) is 23.2 Å². The first-order chi connectivity index (χ1) is 9.04. The number of hydrogen-bond acceptors (Lipinski definition) is 4. The van der Waals surface area contributed by atoms with Crippen molar-refractivity contribution in [3.8, 4) is 5.75 Å². The summed E-state index contributed by atoms with van der Waals surface area (Å²) >= 11 is 11.9. The van der Waals surface area contributed by atoms with Gasteiger partial charge < -0.3 is 15.9 Å². The molecule has 0 saturated heterocycles. The first kappa shape index (κ1) is 14.1. The van der Waals surface area contributed by atoms with Gasteiger partial charge in [-0.2, -0.15) is 0 Å². The molecule has 19 heavy (non-hydrogen) atoms. The second kappa shape index (κ2) is 5.75. The Morgan fingerprint density at radius 1 is 1.26 bits per heavy atom. The van der Waals surface area contributed by atoms with Gasteiger partial charge in [0, 0.05) is 18.3 Å². The third-order valence-corrected chi connectivity index (χ3v) is 3.57. The number of phenolic OH excluding ortho intramolecular Hbond substituents is 1. The molecule has 6 heteroatoms. The van der Waals surface area contributed by atoms with Crippen LogP contribution in [0.5, 0.6) is 5.75 Å². The van der Waals surface area contributed by atoms with E-state index in [4.69, 9.17) is 28.9 Å². The zero-order chi connectivity index (χ0) is 14.0. The van der Waals surface area contributed by atoms with Crippen LogP contribution in [-0.4, -0.2) is 15.2 Å². The van der Waals surface area contributed by atoms with Crippen molar-refractivity contribution in [3.05, 3.63) is 57.3 Å². The SMILES string of the molecule is NCc1cc([C@@H](O)c2c(O)ccc(Cl)c2Cl)ccn1. The maximum Gasteiger partial charge on any atom is 0.123 e. The lowest BCUT2D eigenvalue weighted by atomic mass is 10.0. The second-order valence-electron chi connectivity index (χ2n) is 3.98. The van der Waals surface area contributed by atoms with E-state index in [1.165, 1.54) is 18.3 Å². The Balaban J connectivity index is 2.49. The Bertz CT molecular complexity index is 605. The Morgan fingerprint density at radius 2 is 2.00 bits per heavy atom. The Kier molecular flexibility index (Phi) is 4.27. The van der Waals surface area contributed by atoms with Gasteiger partial charge in [0.25, 0.3) is 0 Å². The van der Waals surface area contributed by atoms with E-state index in [2.05, 4.69) is 4.98 Å². The molecule has 4 nitrogen and oxygen atoms in total. The maximum absolute atomic E-state index is 10.3. The van der Waals surface area contributed by atoms with Crippen LogP contribution in [0.4, 0.5) is 0 Å². The smallest absolute Gasteiger partial charge is 0.123 e. The summed E-state index contributed by atoms with van der Waals surface area (Å²) in [7, 11) is 0. The molecule has 0 radical (unpaired) electrons. The molecule has 100 valence electrons. The van der Waals surface area contributed by atoms with Gasteiger partial charge in [0.1, 0.15) is 11.9 Å². The summed E-state index contributed by atoms with van der Waals surface area (Å²) in [5.74, 6) is -0.118. The molecule has 2 aromatic rings. The van der Waals surface area contributed by atoms with E-state index in [0.29, 0.717) is 11.3 Å². The molecule has 1 aromatic carbocycles. The third-order valence-electron chi connectivity index (χ3n) is 2.75. The zero-order valence-electron chi connectivity index (χ0n) is 9.85. The molecule has 1 atom stereocenters. The Labute approximate surface area is 120 Å². The highest BCUT2D eigenvalue weighted by Crippen LogP contribution is 2.39. The number of aromatic hydroxyl groups is 1. The molecular weight excluding hydrogens is 287 g/mol. The van der Waals surface area contributed by atoms with Crippen LogP contribution in [0.15, 0.2) is 30.5 Å². The fraction of sp³-hybridized carbons (Fsp3) is 0.154. The van der Waals surface area contributed by atoms with Gasteiger partial charge in [0.2, 0.25) is 0 Å². The molecule has 0 aliphatic rings. The lowest BCUT2D eigenvalue weighted by Crippen LogP contribution is -2.05. The van der Waals surface area contributed by atoms with Crippen molar-refractivity contribution in [2.45, 2.75) is 12.6 Å². The van der Waals surface area contributed by atoms with Crippen molar-refractivity contribution in [3.63, 3.8) is 0 Å². The molecule has 0 fully saturated rings. The minimum absolute atomic E-state index is 0.118. The van der Waals surface area contributed by atoms with Crippen LogP contribution in [0.1, 0.15) is 22.9 Å². The standard InChI is InChI=1S/C13H12Cl2N2O2/c14-9-1-2-10(18)11(12(9)15)13(19)7-3-4-17-8(5-7)6-16/h1-5,13,18-19H,6,16H2/t13-/m1/s1. The van der Waals surface area contributed by atoms with Crippen LogP contribution in [0.3, 0.4) is 0 Å². The third kappa shape index (κ3) is 2.82. The minimum atomic E-state index is -1.10. The summed E-state index contributed by atoms with van der Waals surface area (Å²) in [5, 5.41) is 20.5. The van der Waals surface area contributed by atoms with E-state index in [1.54, 1.807) is 12.1 Å². The lowest BCUT2D eigenvalue weighted by Gasteiger charge is -2.16. The van der Waals surface area contributed by atoms with Crippen LogP contribution < -0.4 is 5.73 Å². The molecule has 0 saturated carbocycles. The molecule has 0 spiro atoms. The number of rotatable bonds is 3. The topological polar surface area (TPSA) is 79.4 Å². The van der Waals surface area contributed by atoms with Crippen molar-refractivity contribution in [2.75, 3.05) is 0 Å². The lowest BCUT2D eigenvalue weighted by molar-refractivity contribution is 0.215. The summed E-state index contributed by atoms with van der Waals surface area (Å²) in [6.07, 6.45) is 0.440. The van der Waals surface area contributed by atoms with E-state index in [9.17, 15) is 10.2 Å². The van der Waals surface area contributed by atoms with E-state index in [-0.39, 0.29) is 27.9 Å². The highest BCUT2D eigenvalue weighted by Gasteiger charge is 2.20. The fourth-order valence-corrected chi connectivity index (χ4v) is 2.19. The molecule has 1 aromatic heterocycles. The fourth-order valence-electron chi connectivity index (χ4n) is 1.76. The van der Waals surface area contributed by atoms with Crippen LogP contribution in [-0.2, 0) is 6.54 Å². The number of halogens is 2. The minimum Gasteiger partial charge on any atom is -0.508 e. The predicted octanol–water partition coefficient (Wildman–Crippen LogP) is 2.63. The predicted molar refractivity (Wildman–Crippen MR) is 74.3 cm³/mol. The highest BCUT2D eigenvalue weighted by atomic mass is 35.5. The molecule has 0 aliphatic carbocycles. The van der Waals surface area contributed by atoms with E-state index in [1.807, 2.05) is 0 Å². The van der Waals surface area contributed by atoms with Crippen LogP contribution in [0.2, 0.25) is 10.0 Å². The average molecular weight is 299 g/mol. The van der Waals surface area contributed by atoms with Crippen LogP contribution in [0, 0.1) is 0 Å². The monoisotopic (exact) mass is 298 g/mol. The van der Waals surface area contributed by atoms with Crippen molar-refractivity contribution in [2.24, 2.45) is 5.73 Å². The molecule has 1 heterocycles. The number of benzene rings is 1. The van der Waals surface area contributed by atoms with E-state index in [0.717, 1.165) is 0 Å². The van der Waals surface area contributed by atoms with E-state index < -0.39 is 6.10 Å². The van der Waals surface area contributed by atoms with Gasteiger partial charge in [-0.15, -0.1) is 0 Å². The van der Waals surface area contributed by atoms with Gasteiger partial charge >= 0.3 is 0 Å². The summed E-state index contributed by atoms with van der Waals surface area (Å²) in [4.78, 5) is 4.04. The van der Waals surface area contributed by atoms with Gasteiger partial charge in [-0.3, -0.25) is 4.98 Å². The van der Waals surface area contributed by atoms with Crippen molar-refractivity contribution >= 4 is 23.2 Å². The zero-order valence-corrected chi connectivity index (χ0v) is 11.4. The molecule has 0 amide bonds. The number of hydrogen-bond donors (Lipinski definition) is 3.